The van der Waals surface area contributed by atoms with Crippen LogP contribution in [0.15, 0.2) is 0 Å². The second kappa shape index (κ2) is 17.9. The van der Waals surface area contributed by atoms with Gasteiger partial charge in [-0.25, -0.2) is 9.59 Å². The summed E-state index contributed by atoms with van der Waals surface area (Å²) in [6.45, 7) is 5.87. The number of carbonyl (C=O) groups excluding carboxylic acids is 2. The molecule has 0 heterocycles. The summed E-state index contributed by atoms with van der Waals surface area (Å²) >= 11 is 0. The molecule has 2 N–H and O–H groups in total. The molecule has 0 bridgehead atoms. The zero-order chi connectivity index (χ0) is 17.9. The maximum atomic E-state index is 11.0. The molecule has 0 radical (unpaired) electrons. The quantitative estimate of drug-likeness (QED) is 0.432. The van der Waals surface area contributed by atoms with Crippen molar-refractivity contribution in [3.63, 3.8) is 0 Å². The van der Waals surface area contributed by atoms with Crippen molar-refractivity contribution in [3.05, 3.63) is 0 Å². The van der Waals surface area contributed by atoms with Gasteiger partial charge in [-0.15, -0.1) is 0 Å². The average molecular weight is 344 g/mol. The third-order valence-corrected chi connectivity index (χ3v) is 3.69. The fourth-order valence-electron chi connectivity index (χ4n) is 2.41. The van der Waals surface area contributed by atoms with Gasteiger partial charge in [0.05, 0.1) is 13.2 Å². The minimum atomic E-state index is -0.310. The summed E-state index contributed by atoms with van der Waals surface area (Å²) in [4.78, 5) is 22.1. The molecule has 0 spiro atoms. The van der Waals surface area contributed by atoms with Gasteiger partial charge in [0, 0.05) is 13.1 Å². The third-order valence-electron chi connectivity index (χ3n) is 3.69. The summed E-state index contributed by atoms with van der Waals surface area (Å²) in [6.07, 6.45) is 11.3. The molecule has 0 aromatic heterocycles. The second-order valence-electron chi connectivity index (χ2n) is 5.83. The van der Waals surface area contributed by atoms with Gasteiger partial charge in [0.15, 0.2) is 0 Å². The lowest BCUT2D eigenvalue weighted by Crippen LogP contribution is -2.25. The summed E-state index contributed by atoms with van der Waals surface area (Å²) < 4.78 is 9.59. The molecule has 0 aliphatic heterocycles. The van der Waals surface area contributed by atoms with Crippen molar-refractivity contribution in [2.75, 3.05) is 26.3 Å². The lowest BCUT2D eigenvalue weighted by atomic mass is 10.1. The van der Waals surface area contributed by atoms with E-state index in [1.165, 1.54) is 38.5 Å². The van der Waals surface area contributed by atoms with E-state index in [4.69, 9.17) is 9.47 Å². The van der Waals surface area contributed by atoms with Gasteiger partial charge in [-0.3, -0.25) is 0 Å². The average Bonchev–Trinajstić information content (AvgIpc) is 2.55. The van der Waals surface area contributed by atoms with Crippen molar-refractivity contribution >= 4 is 12.2 Å². The second-order valence-corrected chi connectivity index (χ2v) is 5.83. The molecule has 142 valence electrons. The first-order chi connectivity index (χ1) is 11.7. The van der Waals surface area contributed by atoms with Gasteiger partial charge < -0.3 is 20.1 Å². The zero-order valence-electron chi connectivity index (χ0n) is 15.5. The van der Waals surface area contributed by atoms with Crippen molar-refractivity contribution in [3.8, 4) is 0 Å². The van der Waals surface area contributed by atoms with Gasteiger partial charge in [-0.1, -0.05) is 51.4 Å². The Morgan fingerprint density at radius 3 is 1.17 bits per heavy atom. The molecule has 0 atom stereocenters. The zero-order valence-corrected chi connectivity index (χ0v) is 15.5. The van der Waals surface area contributed by atoms with Gasteiger partial charge in [0.25, 0.3) is 0 Å². The minimum Gasteiger partial charge on any atom is -0.450 e. The predicted molar refractivity (Wildman–Crippen MR) is 96.2 cm³/mol. The third kappa shape index (κ3) is 16.9. The Morgan fingerprint density at radius 2 is 0.875 bits per heavy atom. The monoisotopic (exact) mass is 344 g/mol. The van der Waals surface area contributed by atoms with Crippen molar-refractivity contribution in [1.29, 1.82) is 0 Å². The van der Waals surface area contributed by atoms with Crippen LogP contribution in [0.2, 0.25) is 0 Å². The van der Waals surface area contributed by atoms with Gasteiger partial charge in [-0.2, -0.15) is 0 Å². The molecule has 0 unspecified atom stereocenters. The molecule has 2 amide bonds. The van der Waals surface area contributed by atoms with Crippen molar-refractivity contribution in [2.45, 2.75) is 78.1 Å². The predicted octanol–water partition coefficient (Wildman–Crippen LogP) is 4.38. The van der Waals surface area contributed by atoms with E-state index in [0.717, 1.165) is 25.7 Å². The number of amides is 2. The van der Waals surface area contributed by atoms with E-state index in [0.29, 0.717) is 26.3 Å². The fourth-order valence-corrected chi connectivity index (χ4v) is 2.41. The van der Waals surface area contributed by atoms with Crippen LogP contribution in [0, 0.1) is 0 Å². The maximum Gasteiger partial charge on any atom is 0.407 e. The first-order valence-electron chi connectivity index (χ1n) is 9.52. The Labute approximate surface area is 147 Å². The van der Waals surface area contributed by atoms with E-state index in [1.54, 1.807) is 13.8 Å². The molecule has 6 heteroatoms. The standard InChI is InChI=1S/C18H36N2O4/c1-3-23-17(21)19-15-13-11-9-7-5-6-8-10-12-14-16-20-18(22)24-4-2/h3-16H2,1-2H3,(H,19,21)(H,20,22). The van der Waals surface area contributed by atoms with Crippen LogP contribution in [0.25, 0.3) is 0 Å². The molecule has 0 rings (SSSR count). The summed E-state index contributed by atoms with van der Waals surface area (Å²) in [5.41, 5.74) is 0. The summed E-state index contributed by atoms with van der Waals surface area (Å²) in [6, 6.07) is 0. The van der Waals surface area contributed by atoms with Gasteiger partial charge in [0.2, 0.25) is 0 Å². The molecule has 0 aliphatic rings. The smallest absolute Gasteiger partial charge is 0.407 e. The molecule has 0 fully saturated rings. The normalized spacial score (nSPS) is 10.2. The molecule has 0 aromatic rings. The van der Waals surface area contributed by atoms with Crippen LogP contribution in [0.5, 0.6) is 0 Å². The van der Waals surface area contributed by atoms with E-state index in [-0.39, 0.29) is 12.2 Å². The number of carbonyl (C=O) groups is 2. The number of rotatable bonds is 15. The van der Waals surface area contributed by atoms with Crippen LogP contribution in [-0.4, -0.2) is 38.5 Å². The van der Waals surface area contributed by atoms with E-state index in [2.05, 4.69) is 10.6 Å². The van der Waals surface area contributed by atoms with Crippen LogP contribution in [0.1, 0.15) is 78.1 Å². The van der Waals surface area contributed by atoms with E-state index >= 15 is 0 Å². The highest BCUT2D eigenvalue weighted by atomic mass is 16.5. The minimum absolute atomic E-state index is 0.310. The molecule has 0 saturated carbocycles. The number of nitrogens with one attached hydrogen (secondary N) is 2. The Hall–Kier alpha value is -1.46. The van der Waals surface area contributed by atoms with Crippen LogP contribution in [0.3, 0.4) is 0 Å². The van der Waals surface area contributed by atoms with Crippen molar-refractivity contribution < 1.29 is 19.1 Å². The molecule has 0 saturated heterocycles. The fraction of sp³-hybridized carbons (Fsp3) is 0.889. The Kier molecular flexibility index (Phi) is 16.8. The summed E-state index contributed by atoms with van der Waals surface area (Å²) in [5, 5.41) is 5.48. The number of hydrogen-bond donors (Lipinski definition) is 2. The van der Waals surface area contributed by atoms with Crippen LogP contribution >= 0.6 is 0 Å². The molecular weight excluding hydrogens is 308 g/mol. The van der Waals surface area contributed by atoms with Crippen molar-refractivity contribution in [1.82, 2.24) is 10.6 Å². The molecule has 24 heavy (non-hydrogen) atoms. The first kappa shape index (κ1) is 22.5. The first-order valence-corrected chi connectivity index (χ1v) is 9.52. The van der Waals surface area contributed by atoms with Crippen LogP contribution in [-0.2, 0) is 9.47 Å². The number of ether oxygens (including phenoxy) is 2. The number of hydrogen-bond acceptors (Lipinski definition) is 4. The Balaban J connectivity index is 3.10. The SMILES string of the molecule is CCOC(=O)NCCCCCCCCCCCCNC(=O)OCC. The highest BCUT2D eigenvalue weighted by Gasteiger charge is 1.99. The van der Waals surface area contributed by atoms with Crippen LogP contribution < -0.4 is 10.6 Å². The summed E-state index contributed by atoms with van der Waals surface area (Å²) in [7, 11) is 0. The summed E-state index contributed by atoms with van der Waals surface area (Å²) in [5.74, 6) is 0. The molecule has 0 aliphatic carbocycles. The number of unbranched alkanes of at least 4 members (excludes halogenated alkanes) is 9. The van der Waals surface area contributed by atoms with E-state index in [9.17, 15) is 9.59 Å². The van der Waals surface area contributed by atoms with Crippen LogP contribution in [0.4, 0.5) is 9.59 Å². The highest BCUT2D eigenvalue weighted by molar-refractivity contribution is 5.67. The molecule has 0 aromatic carbocycles. The lowest BCUT2D eigenvalue weighted by Gasteiger charge is -2.06. The van der Waals surface area contributed by atoms with Gasteiger partial charge in [-0.05, 0) is 26.7 Å². The Morgan fingerprint density at radius 1 is 0.583 bits per heavy atom. The lowest BCUT2D eigenvalue weighted by molar-refractivity contribution is 0.151. The van der Waals surface area contributed by atoms with Crippen molar-refractivity contribution in [2.24, 2.45) is 0 Å². The number of alkyl carbamates (subject to hydrolysis) is 2. The topological polar surface area (TPSA) is 76.7 Å². The van der Waals surface area contributed by atoms with Gasteiger partial charge >= 0.3 is 12.2 Å². The highest BCUT2D eigenvalue weighted by Crippen LogP contribution is 2.10. The molecular formula is C18H36N2O4. The largest absolute Gasteiger partial charge is 0.450 e. The van der Waals surface area contributed by atoms with Gasteiger partial charge in [0.1, 0.15) is 0 Å². The molecule has 6 nitrogen and oxygen atoms in total. The Bertz CT molecular complexity index is 281. The van der Waals surface area contributed by atoms with E-state index in [1.807, 2.05) is 0 Å². The van der Waals surface area contributed by atoms with E-state index < -0.39 is 0 Å². The maximum absolute atomic E-state index is 11.0.